The van der Waals surface area contributed by atoms with Crippen LogP contribution in [0.4, 0.5) is 27.1 Å². The van der Waals surface area contributed by atoms with E-state index < -0.39 is 40.9 Å². The zero-order valence-corrected chi connectivity index (χ0v) is 24.6. The lowest BCUT2D eigenvalue weighted by molar-refractivity contribution is -0.293. The molecule has 0 aliphatic carbocycles. The smallest absolute Gasteiger partial charge is 0.461 e. The Labute approximate surface area is 252 Å². The average Bonchev–Trinajstić information content (AvgIpc) is 3.66. The highest BCUT2D eigenvalue weighted by atomic mass is 32.1. The summed E-state index contributed by atoms with van der Waals surface area (Å²) in [4.78, 5) is 36.1. The molecule has 4 aromatic rings. The van der Waals surface area contributed by atoms with Gasteiger partial charge in [0.15, 0.2) is 21.3 Å². The highest BCUT2D eigenvalue weighted by molar-refractivity contribution is 7.21. The number of rotatable bonds is 9. The first-order valence-electron chi connectivity index (χ1n) is 13.5. The number of halogens is 5. The standard InChI is InChI=1S/C29H28F5N5O4S/c1-16(17-8-5-4-6-9-17)35-23(40)20-10-7-13-38(20)27-36-22-24(44-27)37-26(28(30,31)29(32,33)34)39(25(22)41)15-18-11-12-19(42-2)14-21(18)43-3/h4-6,8-9,11-12,14,16,20H,7,10,13,15H2,1-3H3,(H,35,40)/t16-,20?/m1/s1. The summed E-state index contributed by atoms with van der Waals surface area (Å²) in [6.07, 6.45) is -4.98. The van der Waals surface area contributed by atoms with Gasteiger partial charge >= 0.3 is 12.1 Å². The number of carbonyl (C=O) groups excluding carboxylic acids is 1. The molecule has 0 radical (unpaired) electrons. The van der Waals surface area contributed by atoms with Gasteiger partial charge in [-0.05, 0) is 37.5 Å². The van der Waals surface area contributed by atoms with Crippen LogP contribution >= 0.6 is 11.3 Å². The molecule has 1 N–H and O–H groups in total. The van der Waals surface area contributed by atoms with Crippen molar-refractivity contribution < 1.29 is 36.2 Å². The van der Waals surface area contributed by atoms with Crippen LogP contribution in [-0.2, 0) is 17.3 Å². The predicted octanol–water partition coefficient (Wildman–Crippen LogP) is 5.42. The summed E-state index contributed by atoms with van der Waals surface area (Å²) in [6.45, 7) is 1.48. The molecular weight excluding hydrogens is 609 g/mol. The van der Waals surface area contributed by atoms with E-state index in [4.69, 9.17) is 9.47 Å². The molecule has 5 rings (SSSR count). The number of ether oxygens (including phenoxy) is 2. The molecule has 0 saturated carbocycles. The fourth-order valence-electron chi connectivity index (χ4n) is 5.09. The Morgan fingerprint density at radius 3 is 2.48 bits per heavy atom. The minimum atomic E-state index is -6.03. The lowest BCUT2D eigenvalue weighted by Gasteiger charge is -2.25. The number of nitrogens with zero attached hydrogens (tertiary/aromatic N) is 4. The number of hydrogen-bond acceptors (Lipinski definition) is 8. The van der Waals surface area contributed by atoms with Crippen LogP contribution in [0, 0.1) is 0 Å². The quantitative estimate of drug-likeness (QED) is 0.245. The van der Waals surface area contributed by atoms with E-state index in [1.807, 2.05) is 37.3 Å². The number of nitrogens with one attached hydrogen (secondary N) is 1. The van der Waals surface area contributed by atoms with E-state index >= 15 is 0 Å². The van der Waals surface area contributed by atoms with E-state index in [2.05, 4.69) is 15.3 Å². The summed E-state index contributed by atoms with van der Waals surface area (Å²) in [5, 5.41) is 3.07. The van der Waals surface area contributed by atoms with Gasteiger partial charge in [-0.25, -0.2) is 9.97 Å². The van der Waals surface area contributed by atoms with Crippen molar-refractivity contribution in [3.63, 3.8) is 0 Å². The number of methoxy groups -OCH3 is 2. The SMILES string of the molecule is COc1ccc(Cn2c(C(F)(F)C(F)(F)F)nc3sc(N4CCCC4C(=O)N[C@H](C)c4ccccc4)nc3c2=O)c(OC)c1. The van der Waals surface area contributed by atoms with Crippen molar-refractivity contribution in [2.45, 2.75) is 50.5 Å². The van der Waals surface area contributed by atoms with E-state index in [0.29, 0.717) is 36.5 Å². The zero-order chi connectivity index (χ0) is 31.8. The molecule has 1 unspecified atom stereocenters. The molecule has 2 atom stereocenters. The lowest BCUT2D eigenvalue weighted by atomic mass is 10.1. The van der Waals surface area contributed by atoms with Crippen molar-refractivity contribution in [1.29, 1.82) is 0 Å². The fraction of sp³-hybridized carbons (Fsp3) is 0.379. The van der Waals surface area contributed by atoms with Gasteiger partial charge in [0, 0.05) is 18.2 Å². The van der Waals surface area contributed by atoms with E-state index in [1.165, 1.54) is 32.4 Å². The van der Waals surface area contributed by atoms with Crippen LogP contribution in [0.15, 0.2) is 53.3 Å². The van der Waals surface area contributed by atoms with Crippen molar-refractivity contribution >= 4 is 32.7 Å². The number of alkyl halides is 5. The summed E-state index contributed by atoms with van der Waals surface area (Å²) < 4.78 is 81.3. The van der Waals surface area contributed by atoms with Gasteiger partial charge in [0.25, 0.3) is 5.56 Å². The van der Waals surface area contributed by atoms with E-state index in [-0.39, 0.29) is 38.5 Å². The third-order valence-electron chi connectivity index (χ3n) is 7.43. The Morgan fingerprint density at radius 2 is 1.82 bits per heavy atom. The highest BCUT2D eigenvalue weighted by Crippen LogP contribution is 2.44. The molecule has 9 nitrogen and oxygen atoms in total. The molecular formula is C29H28F5N5O4S. The monoisotopic (exact) mass is 637 g/mol. The number of fused-ring (bicyclic) bond motifs is 1. The van der Waals surface area contributed by atoms with Crippen molar-refractivity contribution in [3.05, 3.63) is 75.8 Å². The summed E-state index contributed by atoms with van der Waals surface area (Å²) in [6, 6.07) is 12.6. The molecule has 1 fully saturated rings. The van der Waals surface area contributed by atoms with Crippen LogP contribution in [0.2, 0.25) is 0 Å². The molecule has 234 valence electrons. The van der Waals surface area contributed by atoms with Gasteiger partial charge in [-0.3, -0.25) is 14.2 Å². The second-order valence-electron chi connectivity index (χ2n) is 10.2. The van der Waals surface area contributed by atoms with Crippen molar-refractivity contribution in [2.24, 2.45) is 0 Å². The molecule has 0 spiro atoms. The summed E-state index contributed by atoms with van der Waals surface area (Å²) in [5.74, 6) is -7.10. The van der Waals surface area contributed by atoms with Gasteiger partial charge < -0.3 is 19.7 Å². The van der Waals surface area contributed by atoms with Gasteiger partial charge in [-0.2, -0.15) is 22.0 Å². The van der Waals surface area contributed by atoms with Gasteiger partial charge in [0.05, 0.1) is 26.8 Å². The lowest BCUT2D eigenvalue weighted by Crippen LogP contribution is -2.44. The first-order chi connectivity index (χ1) is 20.8. The minimum absolute atomic E-state index is 0.104. The zero-order valence-electron chi connectivity index (χ0n) is 23.8. The van der Waals surface area contributed by atoms with E-state index in [0.717, 1.165) is 5.56 Å². The molecule has 1 saturated heterocycles. The summed E-state index contributed by atoms with van der Waals surface area (Å²) in [5.41, 5.74) is -0.549. The Morgan fingerprint density at radius 1 is 1.09 bits per heavy atom. The largest absolute Gasteiger partial charge is 0.497 e. The van der Waals surface area contributed by atoms with Crippen LogP contribution in [0.1, 0.15) is 42.8 Å². The minimum Gasteiger partial charge on any atom is -0.497 e. The molecule has 1 aliphatic heterocycles. The topological polar surface area (TPSA) is 98.6 Å². The van der Waals surface area contributed by atoms with Gasteiger partial charge in [-0.1, -0.05) is 41.7 Å². The van der Waals surface area contributed by atoms with Crippen LogP contribution in [0.3, 0.4) is 0 Å². The van der Waals surface area contributed by atoms with Crippen LogP contribution < -0.4 is 25.2 Å². The van der Waals surface area contributed by atoms with Crippen molar-refractivity contribution in [1.82, 2.24) is 19.9 Å². The second kappa shape index (κ2) is 12.0. The number of thiazole rings is 1. The first kappa shape index (κ1) is 31.2. The van der Waals surface area contributed by atoms with E-state index in [9.17, 15) is 31.5 Å². The molecule has 2 aromatic carbocycles. The van der Waals surface area contributed by atoms with Crippen LogP contribution in [0.25, 0.3) is 10.3 Å². The predicted molar refractivity (Wildman–Crippen MR) is 154 cm³/mol. The van der Waals surface area contributed by atoms with E-state index in [1.54, 1.807) is 4.90 Å². The average molecular weight is 638 g/mol. The normalized spacial score (nSPS) is 16.3. The first-order valence-corrected chi connectivity index (χ1v) is 14.4. The number of anilines is 1. The maximum atomic E-state index is 14.9. The highest BCUT2D eigenvalue weighted by Gasteiger charge is 2.62. The maximum absolute atomic E-state index is 14.9. The van der Waals surface area contributed by atoms with Crippen molar-refractivity contribution in [3.8, 4) is 11.5 Å². The number of carbonyl (C=O) groups is 1. The third-order valence-corrected chi connectivity index (χ3v) is 8.41. The number of amides is 1. The van der Waals surface area contributed by atoms with Gasteiger partial charge in [0.1, 0.15) is 17.5 Å². The Balaban J connectivity index is 1.55. The number of aromatic nitrogens is 3. The maximum Gasteiger partial charge on any atom is 0.461 e. The van der Waals surface area contributed by atoms with Gasteiger partial charge in [-0.15, -0.1) is 0 Å². The molecule has 44 heavy (non-hydrogen) atoms. The molecule has 2 aromatic heterocycles. The van der Waals surface area contributed by atoms with Crippen molar-refractivity contribution in [2.75, 3.05) is 25.7 Å². The third kappa shape index (κ3) is 5.79. The Hall–Kier alpha value is -4.27. The molecule has 1 amide bonds. The van der Waals surface area contributed by atoms with Crippen LogP contribution in [-0.4, -0.2) is 53.4 Å². The second-order valence-corrected chi connectivity index (χ2v) is 11.2. The molecule has 3 heterocycles. The van der Waals surface area contributed by atoms with Crippen LogP contribution in [0.5, 0.6) is 11.5 Å². The summed E-state index contributed by atoms with van der Waals surface area (Å²) >= 11 is 0.682. The Bertz CT molecular complexity index is 1730. The summed E-state index contributed by atoms with van der Waals surface area (Å²) in [7, 11) is 2.67. The molecule has 1 aliphatic rings. The molecule has 0 bridgehead atoms. The van der Waals surface area contributed by atoms with Gasteiger partial charge in [0.2, 0.25) is 5.91 Å². The molecule has 15 heteroatoms. The fourth-order valence-corrected chi connectivity index (χ4v) is 6.10. The number of benzene rings is 2. The number of hydrogen-bond donors (Lipinski definition) is 1. The Kier molecular flexibility index (Phi) is 8.51.